The molecular formula is C12H18N2O2. The van der Waals surface area contributed by atoms with E-state index in [0.29, 0.717) is 11.6 Å². The number of anilines is 1. The Labute approximate surface area is 95.5 Å². The minimum Gasteiger partial charge on any atom is -0.396 e. The summed E-state index contributed by atoms with van der Waals surface area (Å²) in [5.41, 5.74) is 0.711. The summed E-state index contributed by atoms with van der Waals surface area (Å²) in [5, 5.41) is 17.9. The molecule has 0 bridgehead atoms. The van der Waals surface area contributed by atoms with Gasteiger partial charge < -0.3 is 15.1 Å². The van der Waals surface area contributed by atoms with E-state index in [0.717, 1.165) is 31.7 Å². The molecule has 0 saturated carbocycles. The van der Waals surface area contributed by atoms with Gasteiger partial charge in [0, 0.05) is 19.7 Å². The van der Waals surface area contributed by atoms with Crippen molar-refractivity contribution in [2.75, 3.05) is 24.6 Å². The Kier molecular flexibility index (Phi) is 3.74. The topological polar surface area (TPSA) is 56.6 Å². The summed E-state index contributed by atoms with van der Waals surface area (Å²) in [6, 6.07) is 5.72. The van der Waals surface area contributed by atoms with Gasteiger partial charge in [-0.25, -0.2) is 4.98 Å². The maximum atomic E-state index is 9.03. The van der Waals surface area contributed by atoms with Crippen molar-refractivity contribution in [2.24, 2.45) is 5.92 Å². The number of hydrogen-bond donors (Lipinski definition) is 2. The first-order valence-corrected chi connectivity index (χ1v) is 5.76. The summed E-state index contributed by atoms with van der Waals surface area (Å²) in [4.78, 5) is 6.60. The van der Waals surface area contributed by atoms with E-state index in [2.05, 4.69) is 9.88 Å². The van der Waals surface area contributed by atoms with Crippen LogP contribution in [0.25, 0.3) is 0 Å². The molecule has 0 aliphatic carbocycles. The van der Waals surface area contributed by atoms with E-state index in [-0.39, 0.29) is 13.2 Å². The second-order valence-electron chi connectivity index (χ2n) is 4.26. The average molecular weight is 222 g/mol. The van der Waals surface area contributed by atoms with Gasteiger partial charge >= 0.3 is 0 Å². The quantitative estimate of drug-likeness (QED) is 0.790. The molecule has 1 atom stereocenters. The number of hydrogen-bond acceptors (Lipinski definition) is 4. The molecule has 1 aromatic rings. The lowest BCUT2D eigenvalue weighted by atomic mass is 10.1. The molecule has 1 unspecified atom stereocenters. The van der Waals surface area contributed by atoms with Gasteiger partial charge in [-0.05, 0) is 30.9 Å². The Balaban J connectivity index is 2.02. The van der Waals surface area contributed by atoms with Crippen LogP contribution >= 0.6 is 0 Å². The van der Waals surface area contributed by atoms with Crippen LogP contribution in [-0.2, 0) is 6.61 Å². The van der Waals surface area contributed by atoms with Gasteiger partial charge in [-0.1, -0.05) is 6.07 Å². The smallest absolute Gasteiger partial charge is 0.128 e. The lowest BCUT2D eigenvalue weighted by Gasteiger charge is -2.17. The summed E-state index contributed by atoms with van der Waals surface area (Å²) >= 11 is 0. The number of aliphatic hydroxyl groups is 2. The maximum Gasteiger partial charge on any atom is 0.128 e. The van der Waals surface area contributed by atoms with E-state index in [1.54, 1.807) is 0 Å². The summed E-state index contributed by atoms with van der Waals surface area (Å²) in [7, 11) is 0. The third kappa shape index (κ3) is 2.51. The normalized spacial score (nSPS) is 20.4. The maximum absolute atomic E-state index is 9.03. The Hall–Kier alpha value is -1.13. The molecule has 4 heteroatoms. The fourth-order valence-corrected chi connectivity index (χ4v) is 2.19. The fourth-order valence-electron chi connectivity index (χ4n) is 2.19. The molecule has 16 heavy (non-hydrogen) atoms. The van der Waals surface area contributed by atoms with Gasteiger partial charge in [-0.3, -0.25) is 0 Å². The molecule has 2 heterocycles. The second kappa shape index (κ2) is 5.27. The predicted molar refractivity (Wildman–Crippen MR) is 62.2 cm³/mol. The summed E-state index contributed by atoms with van der Waals surface area (Å²) < 4.78 is 0. The van der Waals surface area contributed by atoms with Crippen molar-refractivity contribution in [3.05, 3.63) is 23.9 Å². The molecular weight excluding hydrogens is 204 g/mol. The molecule has 1 aliphatic rings. The second-order valence-corrected chi connectivity index (χ2v) is 4.26. The Morgan fingerprint density at radius 1 is 1.38 bits per heavy atom. The van der Waals surface area contributed by atoms with Crippen molar-refractivity contribution in [3.8, 4) is 0 Å². The zero-order chi connectivity index (χ0) is 11.4. The number of aromatic nitrogens is 1. The first kappa shape index (κ1) is 11.4. The minimum atomic E-state index is -0.0122. The number of rotatable bonds is 4. The van der Waals surface area contributed by atoms with Crippen LogP contribution in [0.4, 0.5) is 5.82 Å². The zero-order valence-corrected chi connectivity index (χ0v) is 9.34. The van der Waals surface area contributed by atoms with Gasteiger partial charge in [0.05, 0.1) is 12.3 Å². The molecule has 1 fully saturated rings. The molecule has 0 radical (unpaired) electrons. The van der Waals surface area contributed by atoms with E-state index < -0.39 is 0 Å². The van der Waals surface area contributed by atoms with Gasteiger partial charge in [-0.15, -0.1) is 0 Å². The third-order valence-electron chi connectivity index (χ3n) is 3.10. The molecule has 4 nitrogen and oxygen atoms in total. The summed E-state index contributed by atoms with van der Waals surface area (Å²) in [5.74, 6) is 1.51. The van der Waals surface area contributed by atoms with Crippen molar-refractivity contribution in [3.63, 3.8) is 0 Å². The highest BCUT2D eigenvalue weighted by Crippen LogP contribution is 2.24. The van der Waals surface area contributed by atoms with Gasteiger partial charge in [0.1, 0.15) is 5.82 Å². The number of aliphatic hydroxyl groups excluding tert-OH is 2. The van der Waals surface area contributed by atoms with Crippen LogP contribution in [-0.4, -0.2) is 34.9 Å². The molecule has 0 spiro atoms. The molecule has 2 N–H and O–H groups in total. The van der Waals surface area contributed by atoms with E-state index in [4.69, 9.17) is 10.2 Å². The standard InChI is InChI=1S/C12H18N2O2/c15-7-5-10-4-6-14(8-10)12-3-1-2-11(9-16)13-12/h1-3,10,15-16H,4-9H2. The van der Waals surface area contributed by atoms with Gasteiger partial charge in [0.25, 0.3) is 0 Å². The van der Waals surface area contributed by atoms with Crippen LogP contribution in [0.15, 0.2) is 18.2 Å². The lowest BCUT2D eigenvalue weighted by Crippen LogP contribution is -2.21. The lowest BCUT2D eigenvalue weighted by molar-refractivity contribution is 0.263. The van der Waals surface area contributed by atoms with Crippen molar-refractivity contribution in [1.29, 1.82) is 0 Å². The van der Waals surface area contributed by atoms with Crippen molar-refractivity contribution < 1.29 is 10.2 Å². The van der Waals surface area contributed by atoms with Crippen LogP contribution in [0.2, 0.25) is 0 Å². The van der Waals surface area contributed by atoms with Crippen LogP contribution in [0.5, 0.6) is 0 Å². The monoisotopic (exact) mass is 222 g/mol. The van der Waals surface area contributed by atoms with Gasteiger partial charge in [-0.2, -0.15) is 0 Å². The minimum absolute atomic E-state index is 0.0122. The van der Waals surface area contributed by atoms with Crippen LogP contribution in [0.3, 0.4) is 0 Å². The first-order chi connectivity index (χ1) is 7.83. The number of nitrogens with zero attached hydrogens (tertiary/aromatic N) is 2. The van der Waals surface area contributed by atoms with Gasteiger partial charge in [0.15, 0.2) is 0 Å². The molecule has 2 rings (SSSR count). The van der Waals surface area contributed by atoms with Gasteiger partial charge in [0.2, 0.25) is 0 Å². The summed E-state index contributed by atoms with van der Waals surface area (Å²) in [6.07, 6.45) is 1.99. The SMILES string of the molecule is OCCC1CCN(c2cccc(CO)n2)C1. The molecule has 1 aliphatic heterocycles. The highest BCUT2D eigenvalue weighted by Gasteiger charge is 2.22. The Morgan fingerprint density at radius 2 is 2.25 bits per heavy atom. The van der Waals surface area contributed by atoms with Crippen molar-refractivity contribution in [2.45, 2.75) is 19.4 Å². The first-order valence-electron chi connectivity index (χ1n) is 5.76. The Morgan fingerprint density at radius 3 is 3.00 bits per heavy atom. The highest BCUT2D eigenvalue weighted by atomic mass is 16.3. The molecule has 1 saturated heterocycles. The molecule has 88 valence electrons. The van der Waals surface area contributed by atoms with E-state index in [9.17, 15) is 0 Å². The summed E-state index contributed by atoms with van der Waals surface area (Å²) in [6.45, 7) is 2.21. The molecule has 0 aromatic carbocycles. The van der Waals surface area contributed by atoms with Crippen LogP contribution in [0, 0.1) is 5.92 Å². The van der Waals surface area contributed by atoms with E-state index in [1.807, 2.05) is 18.2 Å². The van der Waals surface area contributed by atoms with Crippen molar-refractivity contribution >= 4 is 5.82 Å². The number of pyridine rings is 1. The van der Waals surface area contributed by atoms with E-state index >= 15 is 0 Å². The molecule has 0 amide bonds. The van der Waals surface area contributed by atoms with E-state index in [1.165, 1.54) is 0 Å². The largest absolute Gasteiger partial charge is 0.396 e. The van der Waals surface area contributed by atoms with Crippen LogP contribution < -0.4 is 4.90 Å². The molecule has 1 aromatic heterocycles. The third-order valence-corrected chi connectivity index (χ3v) is 3.10. The predicted octanol–water partition coefficient (Wildman–Crippen LogP) is 0.783. The fraction of sp³-hybridized carbons (Fsp3) is 0.583. The van der Waals surface area contributed by atoms with Crippen molar-refractivity contribution in [1.82, 2.24) is 4.98 Å². The van der Waals surface area contributed by atoms with Crippen LogP contribution in [0.1, 0.15) is 18.5 Å². The average Bonchev–Trinajstić information content (AvgIpc) is 2.78. The highest BCUT2D eigenvalue weighted by molar-refractivity contribution is 5.40. The zero-order valence-electron chi connectivity index (χ0n) is 9.34. The Bertz CT molecular complexity index is 344.